The first kappa shape index (κ1) is 18.3. The molecule has 1 atom stereocenters. The Morgan fingerprint density at radius 2 is 2.27 bits per heavy atom. The highest BCUT2D eigenvalue weighted by Gasteiger charge is 2.29. The number of carbonyl (C=O) groups excluding carboxylic acids is 1. The molecule has 1 unspecified atom stereocenters. The Morgan fingerprint density at radius 1 is 1.42 bits per heavy atom. The lowest BCUT2D eigenvalue weighted by atomic mass is 9.99. The van der Waals surface area contributed by atoms with E-state index in [4.69, 9.17) is 4.42 Å². The molecular formula is C20H25N3O3. The monoisotopic (exact) mass is 355 g/mol. The second kappa shape index (κ2) is 7.79. The second-order valence-electron chi connectivity index (χ2n) is 7.18. The van der Waals surface area contributed by atoms with Crippen LogP contribution in [0, 0.1) is 11.8 Å². The zero-order chi connectivity index (χ0) is 18.6. The number of likely N-dealkylation sites (tertiary alicyclic amines) is 1. The average Bonchev–Trinajstić information content (AvgIpc) is 3.29. The topological polar surface area (TPSA) is 71.5 Å². The second-order valence-corrected chi connectivity index (χ2v) is 7.18. The number of piperidine rings is 1. The lowest BCUT2D eigenvalue weighted by Crippen LogP contribution is -2.44. The van der Waals surface area contributed by atoms with E-state index >= 15 is 0 Å². The zero-order valence-electron chi connectivity index (χ0n) is 15.3. The van der Waals surface area contributed by atoms with Crippen LogP contribution in [0.15, 0.2) is 35.0 Å². The number of hydrogen-bond donors (Lipinski definition) is 1. The number of hydrogen-bond acceptors (Lipinski definition) is 4. The first-order chi connectivity index (χ1) is 12.4. The number of aromatic nitrogens is 2. The van der Waals surface area contributed by atoms with Crippen molar-refractivity contribution in [2.75, 3.05) is 6.54 Å². The highest BCUT2D eigenvalue weighted by Crippen LogP contribution is 2.23. The molecule has 3 rings (SSSR count). The molecular weight excluding hydrogens is 330 g/mol. The van der Waals surface area contributed by atoms with Crippen molar-refractivity contribution in [1.29, 1.82) is 0 Å². The van der Waals surface area contributed by atoms with E-state index in [1.165, 1.54) is 0 Å². The predicted octanol–water partition coefficient (Wildman–Crippen LogP) is 2.68. The SMILES string of the molecule is CC(C)(O)C#Cc1ccc(C(=O)N2CCCCC2CCn2cccn2)o1. The van der Waals surface area contributed by atoms with Crippen LogP contribution >= 0.6 is 0 Å². The number of aliphatic hydroxyl groups is 1. The Bertz CT molecular complexity index is 790. The molecule has 0 saturated carbocycles. The van der Waals surface area contributed by atoms with Crippen molar-refractivity contribution in [2.45, 2.75) is 57.7 Å². The molecule has 6 nitrogen and oxygen atoms in total. The Kier molecular flexibility index (Phi) is 5.48. The van der Waals surface area contributed by atoms with E-state index in [0.717, 1.165) is 38.8 Å². The number of aryl methyl sites for hydroxylation is 1. The summed E-state index contributed by atoms with van der Waals surface area (Å²) in [6.45, 7) is 4.75. The first-order valence-electron chi connectivity index (χ1n) is 9.06. The third-order valence-corrected chi connectivity index (χ3v) is 4.45. The normalized spacial score (nSPS) is 17.7. The van der Waals surface area contributed by atoms with Crippen LogP contribution in [0.4, 0.5) is 0 Å². The molecule has 1 fully saturated rings. The van der Waals surface area contributed by atoms with Gasteiger partial charge in [-0.2, -0.15) is 5.10 Å². The molecule has 0 bridgehead atoms. The third-order valence-electron chi connectivity index (χ3n) is 4.45. The molecule has 1 aliphatic heterocycles. The fraction of sp³-hybridized carbons (Fsp3) is 0.500. The summed E-state index contributed by atoms with van der Waals surface area (Å²) in [4.78, 5) is 14.8. The minimum atomic E-state index is -1.10. The number of nitrogens with zero attached hydrogens (tertiary/aromatic N) is 3. The number of carbonyl (C=O) groups is 1. The van der Waals surface area contributed by atoms with Crippen molar-refractivity contribution >= 4 is 5.91 Å². The van der Waals surface area contributed by atoms with Gasteiger partial charge in [0.25, 0.3) is 5.91 Å². The van der Waals surface area contributed by atoms with E-state index in [1.54, 1.807) is 32.2 Å². The van der Waals surface area contributed by atoms with Gasteiger partial charge in [0.15, 0.2) is 11.5 Å². The maximum absolute atomic E-state index is 12.9. The summed E-state index contributed by atoms with van der Waals surface area (Å²) in [6.07, 6.45) is 7.72. The van der Waals surface area contributed by atoms with E-state index in [1.807, 2.05) is 21.8 Å². The van der Waals surface area contributed by atoms with E-state index in [0.29, 0.717) is 11.5 Å². The summed E-state index contributed by atoms with van der Waals surface area (Å²) in [5, 5.41) is 13.9. The van der Waals surface area contributed by atoms with Crippen molar-refractivity contribution < 1.29 is 14.3 Å². The van der Waals surface area contributed by atoms with Crippen LogP contribution in [-0.4, -0.2) is 43.9 Å². The summed E-state index contributed by atoms with van der Waals surface area (Å²) < 4.78 is 7.50. The van der Waals surface area contributed by atoms with Crippen molar-refractivity contribution in [3.8, 4) is 11.8 Å². The number of amides is 1. The van der Waals surface area contributed by atoms with Crippen molar-refractivity contribution in [3.63, 3.8) is 0 Å². The minimum absolute atomic E-state index is 0.0912. The minimum Gasteiger partial charge on any atom is -0.443 e. The fourth-order valence-corrected chi connectivity index (χ4v) is 3.16. The highest BCUT2D eigenvalue weighted by molar-refractivity contribution is 5.92. The Hall–Kier alpha value is -2.52. The largest absolute Gasteiger partial charge is 0.443 e. The molecule has 0 aliphatic carbocycles. The van der Waals surface area contributed by atoms with Gasteiger partial charge in [-0.15, -0.1) is 0 Å². The lowest BCUT2D eigenvalue weighted by molar-refractivity contribution is 0.0561. The Labute approximate surface area is 153 Å². The summed E-state index contributed by atoms with van der Waals surface area (Å²) in [5.74, 6) is 6.06. The van der Waals surface area contributed by atoms with Crippen LogP contribution in [0.2, 0.25) is 0 Å². The maximum Gasteiger partial charge on any atom is 0.289 e. The van der Waals surface area contributed by atoms with Crippen LogP contribution in [0.5, 0.6) is 0 Å². The van der Waals surface area contributed by atoms with Crippen molar-refractivity contribution in [2.24, 2.45) is 0 Å². The summed E-state index contributed by atoms with van der Waals surface area (Å²) >= 11 is 0. The molecule has 6 heteroatoms. The van der Waals surface area contributed by atoms with Crippen LogP contribution in [0.25, 0.3) is 0 Å². The van der Waals surface area contributed by atoms with Gasteiger partial charge in [0.05, 0.1) is 0 Å². The molecule has 0 spiro atoms. The molecule has 2 aromatic rings. The van der Waals surface area contributed by atoms with Crippen LogP contribution in [0.1, 0.15) is 55.8 Å². The van der Waals surface area contributed by atoms with E-state index < -0.39 is 5.60 Å². The molecule has 1 N–H and O–H groups in total. The smallest absolute Gasteiger partial charge is 0.289 e. The van der Waals surface area contributed by atoms with Gasteiger partial charge in [-0.3, -0.25) is 9.48 Å². The molecule has 0 radical (unpaired) electrons. The molecule has 1 amide bonds. The van der Waals surface area contributed by atoms with Gasteiger partial charge in [0, 0.05) is 31.5 Å². The molecule has 0 aromatic carbocycles. The van der Waals surface area contributed by atoms with Gasteiger partial charge in [-0.25, -0.2) is 0 Å². The molecule has 3 heterocycles. The molecule has 26 heavy (non-hydrogen) atoms. The quantitative estimate of drug-likeness (QED) is 0.856. The van der Waals surface area contributed by atoms with Crippen molar-refractivity contribution in [1.82, 2.24) is 14.7 Å². The van der Waals surface area contributed by atoms with Gasteiger partial charge in [0.1, 0.15) is 5.60 Å². The van der Waals surface area contributed by atoms with Gasteiger partial charge in [-0.05, 0) is 63.7 Å². The Morgan fingerprint density at radius 3 is 3.00 bits per heavy atom. The van der Waals surface area contributed by atoms with Crippen LogP contribution in [0.3, 0.4) is 0 Å². The predicted molar refractivity (Wildman–Crippen MR) is 97.4 cm³/mol. The van der Waals surface area contributed by atoms with E-state index in [9.17, 15) is 9.90 Å². The van der Waals surface area contributed by atoms with Gasteiger partial charge in [-0.1, -0.05) is 5.92 Å². The molecule has 2 aromatic heterocycles. The number of rotatable bonds is 4. The third kappa shape index (κ3) is 4.77. The van der Waals surface area contributed by atoms with Crippen LogP contribution < -0.4 is 0 Å². The lowest BCUT2D eigenvalue weighted by Gasteiger charge is -2.35. The first-order valence-corrected chi connectivity index (χ1v) is 9.06. The van der Waals surface area contributed by atoms with Crippen molar-refractivity contribution in [3.05, 3.63) is 42.1 Å². The molecule has 138 valence electrons. The van der Waals surface area contributed by atoms with Gasteiger partial charge < -0.3 is 14.4 Å². The molecule has 1 saturated heterocycles. The highest BCUT2D eigenvalue weighted by atomic mass is 16.4. The number of furan rings is 1. The summed E-state index contributed by atoms with van der Waals surface area (Å²) in [5.41, 5.74) is -1.10. The Balaban J connectivity index is 1.68. The maximum atomic E-state index is 12.9. The zero-order valence-corrected chi connectivity index (χ0v) is 15.3. The standard InChI is InChI=1S/C20H25N3O3/c1-20(2,25)11-9-17-7-8-18(26-17)19(24)23-14-4-3-6-16(23)10-15-22-13-5-12-21-22/h5,7-8,12-13,16,25H,3-4,6,10,14-15H2,1-2H3. The van der Waals surface area contributed by atoms with Crippen LogP contribution in [-0.2, 0) is 6.54 Å². The fourth-order valence-electron chi connectivity index (χ4n) is 3.16. The summed E-state index contributed by atoms with van der Waals surface area (Å²) in [7, 11) is 0. The molecule has 1 aliphatic rings. The van der Waals surface area contributed by atoms with E-state index in [2.05, 4.69) is 16.9 Å². The average molecular weight is 355 g/mol. The van der Waals surface area contributed by atoms with E-state index in [-0.39, 0.29) is 11.9 Å². The van der Waals surface area contributed by atoms with Gasteiger partial charge in [0.2, 0.25) is 0 Å². The van der Waals surface area contributed by atoms with Gasteiger partial charge >= 0.3 is 0 Å². The summed E-state index contributed by atoms with van der Waals surface area (Å²) in [6, 6.07) is 5.43.